The summed E-state index contributed by atoms with van der Waals surface area (Å²) in [5.74, 6) is -0.321. The van der Waals surface area contributed by atoms with E-state index in [1.54, 1.807) is 19.1 Å². The molecule has 0 aliphatic heterocycles. The van der Waals surface area contributed by atoms with Gasteiger partial charge >= 0.3 is 0 Å². The van der Waals surface area contributed by atoms with Crippen molar-refractivity contribution in [3.63, 3.8) is 0 Å². The van der Waals surface area contributed by atoms with Gasteiger partial charge in [0, 0.05) is 18.9 Å². The second-order valence-corrected chi connectivity index (χ2v) is 5.51. The molecule has 0 amide bonds. The summed E-state index contributed by atoms with van der Waals surface area (Å²) in [6.07, 6.45) is 3.07. The summed E-state index contributed by atoms with van der Waals surface area (Å²) in [6, 6.07) is 3.25. The summed E-state index contributed by atoms with van der Waals surface area (Å²) in [5, 5.41) is 0. The molecule has 1 heterocycles. The summed E-state index contributed by atoms with van der Waals surface area (Å²) in [6.45, 7) is 2.08. The molecular weight excluding hydrogens is 246 g/mol. The minimum Gasteiger partial charge on any atom is -0.392 e. The van der Waals surface area contributed by atoms with E-state index in [9.17, 15) is 8.42 Å². The number of hydrogen-bond donors (Lipinski definition) is 1. The van der Waals surface area contributed by atoms with Gasteiger partial charge in [0.2, 0.25) is 10.0 Å². The van der Waals surface area contributed by atoms with Crippen LogP contribution >= 0.6 is 12.2 Å². The quantitative estimate of drug-likeness (QED) is 0.780. The number of nitrogens with zero attached hydrogens (tertiary/aromatic N) is 2. The van der Waals surface area contributed by atoms with Gasteiger partial charge in [0.15, 0.2) is 0 Å². The van der Waals surface area contributed by atoms with Crippen LogP contribution in [-0.4, -0.2) is 30.7 Å². The van der Waals surface area contributed by atoms with Crippen LogP contribution in [0.15, 0.2) is 24.5 Å². The van der Waals surface area contributed by atoms with Crippen LogP contribution in [0.1, 0.15) is 6.92 Å². The Morgan fingerprint density at radius 2 is 2.06 bits per heavy atom. The molecule has 7 heteroatoms. The van der Waals surface area contributed by atoms with E-state index in [1.807, 2.05) is 0 Å². The summed E-state index contributed by atoms with van der Waals surface area (Å²) in [4.78, 5) is 3.80. The maximum Gasteiger partial charge on any atom is 0.241 e. The van der Waals surface area contributed by atoms with Crippen molar-refractivity contribution in [2.24, 2.45) is 5.73 Å². The molecule has 1 aromatic heterocycles. The topological polar surface area (TPSA) is 76.3 Å². The van der Waals surface area contributed by atoms with E-state index in [0.717, 1.165) is 0 Å². The van der Waals surface area contributed by atoms with Crippen LogP contribution < -0.4 is 10.0 Å². The molecule has 5 nitrogen and oxygen atoms in total. The fourth-order valence-corrected chi connectivity index (χ4v) is 3.11. The lowest BCUT2D eigenvalue weighted by Crippen LogP contribution is -2.36. The highest BCUT2D eigenvalue weighted by Gasteiger charge is 2.21. The monoisotopic (exact) mass is 259 g/mol. The van der Waals surface area contributed by atoms with Crippen molar-refractivity contribution in [3.05, 3.63) is 24.5 Å². The number of sulfonamides is 1. The fourth-order valence-electron chi connectivity index (χ4n) is 1.31. The maximum absolute atomic E-state index is 11.9. The van der Waals surface area contributed by atoms with Gasteiger partial charge in [-0.25, -0.2) is 8.42 Å². The lowest BCUT2D eigenvalue weighted by atomic mass is 10.4. The minimum absolute atomic E-state index is 0.0347. The van der Waals surface area contributed by atoms with Crippen LogP contribution in [0, 0.1) is 0 Å². The predicted molar refractivity (Wildman–Crippen MR) is 67.8 cm³/mol. The zero-order chi connectivity index (χ0) is 12.2. The third kappa shape index (κ3) is 3.14. The second-order valence-electron chi connectivity index (χ2n) is 3.09. The van der Waals surface area contributed by atoms with Crippen molar-refractivity contribution in [1.29, 1.82) is 0 Å². The standard InChI is InChI=1S/C9H13N3O2S2/c1-2-12(8-3-5-11-6-4-8)16(13,14)7-9(10)15/h3-6H,2,7H2,1H3,(H2,10,15). The third-order valence-electron chi connectivity index (χ3n) is 1.90. The first-order valence-electron chi connectivity index (χ1n) is 4.66. The number of rotatable bonds is 5. The molecule has 0 spiro atoms. The van der Waals surface area contributed by atoms with Gasteiger partial charge in [0.25, 0.3) is 0 Å². The molecule has 0 saturated heterocycles. The first-order valence-corrected chi connectivity index (χ1v) is 6.68. The Labute approximate surface area is 100 Å². The number of aromatic nitrogens is 1. The molecule has 0 atom stereocenters. The summed E-state index contributed by atoms with van der Waals surface area (Å²) < 4.78 is 25.1. The molecule has 1 aromatic rings. The molecule has 0 radical (unpaired) electrons. The molecule has 0 fully saturated rings. The molecule has 0 aromatic carbocycles. The Bertz CT molecular complexity index is 459. The molecule has 0 unspecified atom stereocenters. The summed E-state index contributed by atoms with van der Waals surface area (Å²) in [7, 11) is -3.49. The third-order valence-corrected chi connectivity index (χ3v) is 4.04. The summed E-state index contributed by atoms with van der Waals surface area (Å²) in [5.41, 5.74) is 5.83. The first-order chi connectivity index (χ1) is 7.47. The van der Waals surface area contributed by atoms with Crippen LogP contribution in [0.25, 0.3) is 0 Å². The average molecular weight is 259 g/mol. The van der Waals surface area contributed by atoms with E-state index in [4.69, 9.17) is 5.73 Å². The second kappa shape index (κ2) is 5.22. The first kappa shape index (κ1) is 12.9. The Kier molecular flexibility index (Phi) is 4.19. The van der Waals surface area contributed by atoms with E-state index < -0.39 is 10.0 Å². The van der Waals surface area contributed by atoms with Crippen LogP contribution in [0.3, 0.4) is 0 Å². The van der Waals surface area contributed by atoms with E-state index in [2.05, 4.69) is 17.2 Å². The van der Waals surface area contributed by atoms with Crippen molar-refractivity contribution in [3.8, 4) is 0 Å². The molecule has 1 rings (SSSR count). The van der Waals surface area contributed by atoms with Gasteiger partial charge in [0.05, 0.1) is 10.7 Å². The van der Waals surface area contributed by atoms with Gasteiger partial charge in [-0.2, -0.15) is 0 Å². The molecule has 88 valence electrons. The molecule has 0 aliphatic rings. The number of pyridine rings is 1. The van der Waals surface area contributed by atoms with Crippen molar-refractivity contribution in [2.75, 3.05) is 16.6 Å². The number of hydrogen-bond acceptors (Lipinski definition) is 4. The fraction of sp³-hybridized carbons (Fsp3) is 0.333. The van der Waals surface area contributed by atoms with Crippen LogP contribution in [0.4, 0.5) is 5.69 Å². The van der Waals surface area contributed by atoms with Crippen molar-refractivity contribution in [1.82, 2.24) is 4.98 Å². The zero-order valence-electron chi connectivity index (χ0n) is 8.83. The highest BCUT2D eigenvalue weighted by atomic mass is 32.2. The van der Waals surface area contributed by atoms with E-state index in [0.29, 0.717) is 12.2 Å². The lowest BCUT2D eigenvalue weighted by molar-refractivity contribution is 0.596. The van der Waals surface area contributed by atoms with Crippen molar-refractivity contribution in [2.45, 2.75) is 6.92 Å². The smallest absolute Gasteiger partial charge is 0.241 e. The highest BCUT2D eigenvalue weighted by molar-refractivity contribution is 7.95. The molecule has 16 heavy (non-hydrogen) atoms. The highest BCUT2D eigenvalue weighted by Crippen LogP contribution is 2.16. The Balaban J connectivity index is 3.04. The molecular formula is C9H13N3O2S2. The van der Waals surface area contributed by atoms with E-state index in [-0.39, 0.29) is 10.7 Å². The SMILES string of the molecule is CCN(c1ccncc1)S(=O)(=O)CC(N)=S. The molecule has 0 bridgehead atoms. The number of anilines is 1. The molecule has 0 aliphatic carbocycles. The van der Waals surface area contributed by atoms with Gasteiger partial charge in [-0.15, -0.1) is 0 Å². The largest absolute Gasteiger partial charge is 0.392 e. The zero-order valence-corrected chi connectivity index (χ0v) is 10.5. The number of nitrogens with two attached hydrogens (primary N) is 1. The van der Waals surface area contributed by atoms with Gasteiger partial charge in [-0.1, -0.05) is 12.2 Å². The van der Waals surface area contributed by atoms with Crippen LogP contribution in [0.2, 0.25) is 0 Å². The maximum atomic E-state index is 11.9. The Morgan fingerprint density at radius 1 is 1.50 bits per heavy atom. The molecule has 2 N–H and O–H groups in total. The van der Waals surface area contributed by atoms with Crippen molar-refractivity contribution >= 4 is 32.9 Å². The van der Waals surface area contributed by atoms with Gasteiger partial charge < -0.3 is 5.73 Å². The van der Waals surface area contributed by atoms with Gasteiger partial charge in [0.1, 0.15) is 5.75 Å². The van der Waals surface area contributed by atoms with E-state index >= 15 is 0 Å². The van der Waals surface area contributed by atoms with Crippen molar-refractivity contribution < 1.29 is 8.42 Å². The normalized spacial score (nSPS) is 11.1. The van der Waals surface area contributed by atoms with Gasteiger partial charge in [-0.05, 0) is 19.1 Å². The van der Waals surface area contributed by atoms with Crippen LogP contribution in [-0.2, 0) is 10.0 Å². The Morgan fingerprint density at radius 3 is 2.50 bits per heavy atom. The van der Waals surface area contributed by atoms with Gasteiger partial charge in [-0.3, -0.25) is 9.29 Å². The Hall–Kier alpha value is -1.21. The lowest BCUT2D eigenvalue weighted by Gasteiger charge is -2.22. The predicted octanol–water partition coefficient (Wildman–Crippen LogP) is 0.524. The van der Waals surface area contributed by atoms with Crippen LogP contribution in [0.5, 0.6) is 0 Å². The molecule has 0 saturated carbocycles. The minimum atomic E-state index is -3.49. The van der Waals surface area contributed by atoms with E-state index in [1.165, 1.54) is 16.7 Å². The summed E-state index contributed by atoms with van der Waals surface area (Å²) >= 11 is 4.62. The number of thiocarbonyl (C=S) groups is 1. The average Bonchev–Trinajstić information content (AvgIpc) is 2.17.